The summed E-state index contributed by atoms with van der Waals surface area (Å²) in [4.78, 5) is 26.3. The molecule has 31 heavy (non-hydrogen) atoms. The highest BCUT2D eigenvalue weighted by molar-refractivity contribution is 5.86. The topological polar surface area (TPSA) is 54.3 Å². The molecular weight excluding hydrogens is 386 g/mol. The van der Waals surface area contributed by atoms with Crippen molar-refractivity contribution in [2.75, 3.05) is 31.6 Å². The molecule has 1 aliphatic rings. The van der Waals surface area contributed by atoms with Gasteiger partial charge < -0.3 is 4.90 Å². The van der Waals surface area contributed by atoms with Crippen LogP contribution in [0.15, 0.2) is 78.0 Å². The predicted octanol–water partition coefficient (Wildman–Crippen LogP) is 3.58. The van der Waals surface area contributed by atoms with Gasteiger partial charge in [-0.1, -0.05) is 42.5 Å². The number of anilines is 1. The second-order valence-electron chi connectivity index (χ2n) is 8.09. The number of benzene rings is 2. The molecule has 1 unspecified atom stereocenters. The SMILES string of the molecule is Cc1cnccc1-n1c(N2CCN(C)C(c3cccc4ccccc34)C2)nccc1=O. The number of hydrogen-bond acceptors (Lipinski definition) is 5. The number of rotatable bonds is 3. The van der Waals surface area contributed by atoms with Crippen molar-refractivity contribution >= 4 is 16.7 Å². The van der Waals surface area contributed by atoms with Crippen LogP contribution < -0.4 is 10.5 Å². The molecule has 4 aromatic rings. The van der Waals surface area contributed by atoms with Crippen LogP contribution in [0.4, 0.5) is 5.95 Å². The van der Waals surface area contributed by atoms with Crippen molar-refractivity contribution in [3.05, 3.63) is 94.7 Å². The van der Waals surface area contributed by atoms with Crippen LogP contribution in [0.3, 0.4) is 0 Å². The molecule has 0 saturated carbocycles. The largest absolute Gasteiger partial charge is 0.339 e. The molecule has 6 nitrogen and oxygen atoms in total. The van der Waals surface area contributed by atoms with E-state index in [4.69, 9.17) is 0 Å². The maximum atomic E-state index is 12.9. The van der Waals surface area contributed by atoms with Gasteiger partial charge in [-0.05, 0) is 41.9 Å². The number of likely N-dealkylation sites (N-methyl/N-ethyl adjacent to an activating group) is 1. The van der Waals surface area contributed by atoms with Crippen LogP contribution in [0.5, 0.6) is 0 Å². The van der Waals surface area contributed by atoms with Gasteiger partial charge in [0.2, 0.25) is 5.95 Å². The summed E-state index contributed by atoms with van der Waals surface area (Å²) in [7, 11) is 2.17. The van der Waals surface area contributed by atoms with E-state index in [0.29, 0.717) is 5.95 Å². The molecule has 0 N–H and O–H groups in total. The highest BCUT2D eigenvalue weighted by Gasteiger charge is 2.29. The second kappa shape index (κ2) is 7.96. The minimum Gasteiger partial charge on any atom is -0.339 e. The first-order valence-electron chi connectivity index (χ1n) is 10.6. The minimum absolute atomic E-state index is 0.0834. The number of aryl methyl sites for hydroxylation is 1. The standard InChI is InChI=1S/C25H25N5O/c1-18-16-26-12-10-22(18)30-24(31)11-13-27-25(30)29-15-14-28(2)23(17-29)21-9-5-7-19-6-3-4-8-20(19)21/h3-13,16,23H,14-15,17H2,1-2H3. The molecule has 0 bridgehead atoms. The summed E-state index contributed by atoms with van der Waals surface area (Å²) in [6, 6.07) is 18.6. The first-order chi connectivity index (χ1) is 15.1. The molecule has 1 atom stereocenters. The van der Waals surface area contributed by atoms with Crippen LogP contribution in [0.2, 0.25) is 0 Å². The lowest BCUT2D eigenvalue weighted by atomic mass is 9.96. The highest BCUT2D eigenvalue weighted by Crippen LogP contribution is 2.32. The molecule has 2 aromatic heterocycles. The summed E-state index contributed by atoms with van der Waals surface area (Å²) in [5.41, 5.74) is 2.98. The Labute approximate surface area is 181 Å². The van der Waals surface area contributed by atoms with Gasteiger partial charge in [0.05, 0.1) is 11.7 Å². The maximum absolute atomic E-state index is 12.9. The lowest BCUT2D eigenvalue weighted by molar-refractivity contribution is 0.221. The smallest absolute Gasteiger partial charge is 0.259 e. The fourth-order valence-electron chi connectivity index (χ4n) is 4.50. The van der Waals surface area contributed by atoms with E-state index >= 15 is 0 Å². The van der Waals surface area contributed by atoms with Crippen molar-refractivity contribution in [3.8, 4) is 5.69 Å². The number of aromatic nitrogens is 3. The monoisotopic (exact) mass is 411 g/mol. The third kappa shape index (κ3) is 3.49. The molecule has 1 saturated heterocycles. The van der Waals surface area contributed by atoms with E-state index < -0.39 is 0 Å². The first-order valence-corrected chi connectivity index (χ1v) is 10.6. The van der Waals surface area contributed by atoms with Crippen LogP contribution in [0.25, 0.3) is 16.5 Å². The predicted molar refractivity (Wildman–Crippen MR) is 124 cm³/mol. The molecule has 0 aliphatic carbocycles. The van der Waals surface area contributed by atoms with Gasteiger partial charge in [-0.3, -0.25) is 14.7 Å². The van der Waals surface area contributed by atoms with E-state index in [0.717, 1.165) is 30.9 Å². The van der Waals surface area contributed by atoms with E-state index in [9.17, 15) is 4.79 Å². The Morgan fingerprint density at radius 1 is 0.968 bits per heavy atom. The molecule has 156 valence electrons. The Hall–Kier alpha value is -3.51. The van der Waals surface area contributed by atoms with Crippen LogP contribution in [-0.4, -0.2) is 46.1 Å². The second-order valence-corrected chi connectivity index (χ2v) is 8.09. The molecule has 0 spiro atoms. The van der Waals surface area contributed by atoms with Gasteiger partial charge in [0.25, 0.3) is 5.56 Å². The number of hydrogen-bond donors (Lipinski definition) is 0. The molecule has 1 fully saturated rings. The minimum atomic E-state index is -0.0834. The average Bonchev–Trinajstić information content (AvgIpc) is 2.80. The fourth-order valence-corrected chi connectivity index (χ4v) is 4.50. The number of piperazine rings is 1. The average molecular weight is 412 g/mol. The Morgan fingerprint density at radius 2 is 1.81 bits per heavy atom. The molecule has 5 rings (SSSR count). The number of nitrogens with zero attached hydrogens (tertiary/aromatic N) is 5. The van der Waals surface area contributed by atoms with Crippen molar-refractivity contribution < 1.29 is 0 Å². The van der Waals surface area contributed by atoms with Crippen molar-refractivity contribution in [3.63, 3.8) is 0 Å². The van der Waals surface area contributed by atoms with E-state index in [1.54, 1.807) is 23.2 Å². The Kier molecular flexibility index (Phi) is 5.00. The summed E-state index contributed by atoms with van der Waals surface area (Å²) in [6.45, 7) is 4.41. The summed E-state index contributed by atoms with van der Waals surface area (Å²) in [5.74, 6) is 0.681. The maximum Gasteiger partial charge on any atom is 0.259 e. The Morgan fingerprint density at radius 3 is 2.68 bits per heavy atom. The zero-order valence-electron chi connectivity index (χ0n) is 17.8. The van der Waals surface area contributed by atoms with E-state index in [-0.39, 0.29) is 11.6 Å². The zero-order valence-corrected chi connectivity index (χ0v) is 17.8. The van der Waals surface area contributed by atoms with Crippen LogP contribution >= 0.6 is 0 Å². The summed E-state index contributed by atoms with van der Waals surface area (Å²) >= 11 is 0. The summed E-state index contributed by atoms with van der Waals surface area (Å²) in [6.07, 6.45) is 5.10. The lowest BCUT2D eigenvalue weighted by Gasteiger charge is -2.41. The Balaban J connectivity index is 1.58. The van der Waals surface area contributed by atoms with Crippen molar-refractivity contribution in [2.45, 2.75) is 13.0 Å². The van der Waals surface area contributed by atoms with E-state index in [2.05, 4.69) is 69.3 Å². The van der Waals surface area contributed by atoms with Crippen LogP contribution in [-0.2, 0) is 0 Å². The molecule has 3 heterocycles. The van der Waals surface area contributed by atoms with Gasteiger partial charge in [-0.25, -0.2) is 9.55 Å². The fraction of sp³-hybridized carbons (Fsp3) is 0.240. The molecule has 6 heteroatoms. The molecule has 2 aromatic carbocycles. The third-order valence-corrected chi connectivity index (χ3v) is 6.17. The first kappa shape index (κ1) is 19.5. The molecule has 0 radical (unpaired) electrons. The lowest BCUT2D eigenvalue weighted by Crippen LogP contribution is -2.48. The van der Waals surface area contributed by atoms with Gasteiger partial charge in [0.1, 0.15) is 0 Å². The summed E-state index contributed by atoms with van der Waals surface area (Å²) in [5, 5.41) is 2.51. The van der Waals surface area contributed by atoms with Gasteiger partial charge in [-0.15, -0.1) is 0 Å². The summed E-state index contributed by atoms with van der Waals surface area (Å²) < 4.78 is 1.71. The normalized spacial score (nSPS) is 17.2. The molecular formula is C25H25N5O. The van der Waals surface area contributed by atoms with Crippen molar-refractivity contribution in [1.82, 2.24) is 19.4 Å². The molecule has 0 amide bonds. The van der Waals surface area contributed by atoms with Crippen LogP contribution in [0.1, 0.15) is 17.2 Å². The van der Waals surface area contributed by atoms with Gasteiger partial charge in [-0.2, -0.15) is 0 Å². The van der Waals surface area contributed by atoms with Gasteiger partial charge >= 0.3 is 0 Å². The molecule has 1 aliphatic heterocycles. The zero-order chi connectivity index (χ0) is 21.4. The van der Waals surface area contributed by atoms with Gasteiger partial charge in [0.15, 0.2) is 0 Å². The van der Waals surface area contributed by atoms with Gasteiger partial charge in [0, 0.05) is 44.3 Å². The number of fused-ring (bicyclic) bond motifs is 1. The van der Waals surface area contributed by atoms with Crippen LogP contribution in [0, 0.1) is 6.92 Å². The van der Waals surface area contributed by atoms with E-state index in [1.165, 1.54) is 22.4 Å². The Bertz CT molecular complexity index is 1290. The van der Waals surface area contributed by atoms with E-state index in [1.807, 2.05) is 13.0 Å². The number of pyridine rings is 1. The third-order valence-electron chi connectivity index (χ3n) is 6.17. The van der Waals surface area contributed by atoms with Crippen molar-refractivity contribution in [2.24, 2.45) is 0 Å². The highest BCUT2D eigenvalue weighted by atomic mass is 16.1. The van der Waals surface area contributed by atoms with Crippen molar-refractivity contribution in [1.29, 1.82) is 0 Å². The quantitative estimate of drug-likeness (QED) is 0.516.